The zero-order chi connectivity index (χ0) is 15.6. The number of rotatable bonds is 11. The highest BCUT2D eigenvalue weighted by atomic mass is 79.9. The molecule has 0 amide bonds. The van der Waals surface area contributed by atoms with E-state index >= 15 is 0 Å². The molecule has 1 aromatic rings. The summed E-state index contributed by atoms with van der Waals surface area (Å²) in [5.41, 5.74) is 0. The first-order valence-corrected chi connectivity index (χ1v) is 10.2. The summed E-state index contributed by atoms with van der Waals surface area (Å²) in [4.78, 5) is 0. The van der Waals surface area contributed by atoms with Gasteiger partial charge in [0.15, 0.2) is 0 Å². The van der Waals surface area contributed by atoms with E-state index in [0.717, 1.165) is 22.7 Å². The highest BCUT2D eigenvalue weighted by Gasteiger charge is 2.39. The topological polar surface area (TPSA) is 36.9 Å². The molecule has 0 saturated heterocycles. The van der Waals surface area contributed by atoms with Crippen LogP contribution in [0.15, 0.2) is 28.7 Å². The fourth-order valence-corrected chi connectivity index (χ4v) is 5.01. The molecule has 0 aliphatic heterocycles. The normalized spacial score (nSPS) is 11.6. The van der Waals surface area contributed by atoms with E-state index < -0.39 is 8.80 Å². The lowest BCUT2D eigenvalue weighted by atomic mass is 10.3. The van der Waals surface area contributed by atoms with E-state index in [1.807, 2.05) is 45.0 Å². The standard InChI is InChI=1S/C15H25BrO4Si/c1-4-18-21(19-5-2,20-6-3)13-9-12-17-15-11-8-7-10-14(15)16/h7-8,10-11H,4-6,9,12-13H2,1-3H3. The zero-order valence-electron chi connectivity index (χ0n) is 13.1. The molecule has 0 aliphatic rings. The smallest absolute Gasteiger partial charge is 0.492 e. The van der Waals surface area contributed by atoms with Crippen molar-refractivity contribution in [3.63, 3.8) is 0 Å². The molecule has 1 aromatic carbocycles. The quantitative estimate of drug-likeness (QED) is 0.426. The summed E-state index contributed by atoms with van der Waals surface area (Å²) >= 11 is 3.47. The van der Waals surface area contributed by atoms with E-state index in [4.69, 9.17) is 18.0 Å². The number of para-hydroxylation sites is 1. The summed E-state index contributed by atoms with van der Waals surface area (Å²) in [5.74, 6) is 0.856. The van der Waals surface area contributed by atoms with Gasteiger partial charge in [-0.05, 0) is 55.3 Å². The molecular formula is C15H25BrO4Si. The van der Waals surface area contributed by atoms with Crippen LogP contribution < -0.4 is 4.74 Å². The minimum Gasteiger partial charge on any atom is -0.492 e. The van der Waals surface area contributed by atoms with Gasteiger partial charge < -0.3 is 18.0 Å². The zero-order valence-corrected chi connectivity index (χ0v) is 15.6. The van der Waals surface area contributed by atoms with Crippen LogP contribution in [0.2, 0.25) is 6.04 Å². The van der Waals surface area contributed by atoms with E-state index in [1.165, 1.54) is 0 Å². The molecular weight excluding hydrogens is 352 g/mol. The molecule has 0 spiro atoms. The third-order valence-electron chi connectivity index (χ3n) is 2.81. The Morgan fingerprint density at radius 1 is 0.952 bits per heavy atom. The van der Waals surface area contributed by atoms with Crippen LogP contribution in [0.5, 0.6) is 5.75 Å². The van der Waals surface area contributed by atoms with E-state index in [0.29, 0.717) is 26.4 Å². The van der Waals surface area contributed by atoms with Crippen molar-refractivity contribution in [2.75, 3.05) is 26.4 Å². The molecule has 0 atom stereocenters. The fourth-order valence-electron chi connectivity index (χ4n) is 2.03. The summed E-state index contributed by atoms with van der Waals surface area (Å²) in [6.07, 6.45) is 0.841. The van der Waals surface area contributed by atoms with Crippen molar-refractivity contribution >= 4 is 24.7 Å². The Morgan fingerprint density at radius 3 is 2.05 bits per heavy atom. The van der Waals surface area contributed by atoms with E-state index in [2.05, 4.69) is 15.9 Å². The van der Waals surface area contributed by atoms with Crippen LogP contribution in [0.1, 0.15) is 27.2 Å². The molecule has 0 aromatic heterocycles. The number of ether oxygens (including phenoxy) is 1. The molecule has 0 saturated carbocycles. The largest absolute Gasteiger partial charge is 0.501 e. The summed E-state index contributed by atoms with van der Waals surface area (Å²) in [7, 11) is -2.54. The van der Waals surface area contributed by atoms with Gasteiger partial charge in [0.2, 0.25) is 0 Å². The van der Waals surface area contributed by atoms with Crippen molar-refractivity contribution in [2.24, 2.45) is 0 Å². The minimum absolute atomic E-state index is 0.608. The second-order valence-corrected chi connectivity index (χ2v) is 7.95. The average Bonchev–Trinajstić information content (AvgIpc) is 2.46. The van der Waals surface area contributed by atoms with Crippen LogP contribution in [0.3, 0.4) is 0 Å². The van der Waals surface area contributed by atoms with E-state index in [1.54, 1.807) is 0 Å². The molecule has 0 aliphatic carbocycles. The van der Waals surface area contributed by atoms with Gasteiger partial charge in [0.1, 0.15) is 5.75 Å². The molecule has 21 heavy (non-hydrogen) atoms. The average molecular weight is 377 g/mol. The Balaban J connectivity index is 2.47. The maximum atomic E-state index is 5.82. The van der Waals surface area contributed by atoms with Gasteiger partial charge in [-0.2, -0.15) is 0 Å². The Hall–Kier alpha value is -0.403. The van der Waals surface area contributed by atoms with Gasteiger partial charge in [-0.15, -0.1) is 0 Å². The molecule has 0 heterocycles. The van der Waals surface area contributed by atoms with Crippen LogP contribution in [0.4, 0.5) is 0 Å². The van der Waals surface area contributed by atoms with Crippen molar-refractivity contribution < 1.29 is 18.0 Å². The highest BCUT2D eigenvalue weighted by molar-refractivity contribution is 9.10. The number of benzene rings is 1. The lowest BCUT2D eigenvalue weighted by molar-refractivity contribution is 0.0696. The Labute approximate surface area is 137 Å². The Bertz CT molecular complexity index is 386. The third-order valence-corrected chi connectivity index (χ3v) is 6.62. The van der Waals surface area contributed by atoms with Crippen molar-refractivity contribution in [2.45, 2.75) is 33.2 Å². The minimum atomic E-state index is -2.54. The van der Waals surface area contributed by atoms with Crippen LogP contribution in [0, 0.1) is 0 Å². The first-order chi connectivity index (χ1) is 10.2. The molecule has 120 valence electrons. The second kappa shape index (κ2) is 10.3. The van der Waals surface area contributed by atoms with Gasteiger partial charge in [0, 0.05) is 25.9 Å². The van der Waals surface area contributed by atoms with E-state index in [9.17, 15) is 0 Å². The SMILES string of the molecule is CCO[Si](CCCOc1ccccc1Br)(OCC)OCC. The highest BCUT2D eigenvalue weighted by Crippen LogP contribution is 2.24. The first kappa shape index (κ1) is 18.6. The lowest BCUT2D eigenvalue weighted by Crippen LogP contribution is -2.46. The molecule has 0 unspecified atom stereocenters. The Morgan fingerprint density at radius 2 is 1.52 bits per heavy atom. The van der Waals surface area contributed by atoms with Gasteiger partial charge in [-0.1, -0.05) is 12.1 Å². The maximum Gasteiger partial charge on any atom is 0.501 e. The van der Waals surface area contributed by atoms with Gasteiger partial charge in [-0.25, -0.2) is 0 Å². The predicted molar refractivity (Wildman–Crippen MR) is 89.7 cm³/mol. The van der Waals surface area contributed by atoms with E-state index in [-0.39, 0.29) is 0 Å². The molecule has 0 N–H and O–H groups in total. The van der Waals surface area contributed by atoms with Gasteiger partial charge in [0.25, 0.3) is 0 Å². The van der Waals surface area contributed by atoms with Gasteiger partial charge >= 0.3 is 8.80 Å². The summed E-state index contributed by atoms with van der Waals surface area (Å²) < 4.78 is 24.2. The second-order valence-electron chi connectivity index (χ2n) is 4.36. The van der Waals surface area contributed by atoms with Crippen LogP contribution in [-0.2, 0) is 13.3 Å². The maximum absolute atomic E-state index is 5.82. The predicted octanol–water partition coefficient (Wildman–Crippen LogP) is 4.27. The summed E-state index contributed by atoms with van der Waals surface area (Å²) in [6.45, 7) is 8.35. The van der Waals surface area contributed by atoms with Crippen molar-refractivity contribution in [3.05, 3.63) is 28.7 Å². The molecule has 6 heteroatoms. The monoisotopic (exact) mass is 376 g/mol. The van der Waals surface area contributed by atoms with Crippen LogP contribution >= 0.6 is 15.9 Å². The van der Waals surface area contributed by atoms with Crippen LogP contribution in [0.25, 0.3) is 0 Å². The van der Waals surface area contributed by atoms with Crippen molar-refractivity contribution in [1.29, 1.82) is 0 Å². The summed E-state index contributed by atoms with van der Waals surface area (Å²) in [6, 6.07) is 8.61. The van der Waals surface area contributed by atoms with Gasteiger partial charge in [-0.3, -0.25) is 0 Å². The first-order valence-electron chi connectivity index (χ1n) is 7.46. The molecule has 4 nitrogen and oxygen atoms in total. The van der Waals surface area contributed by atoms with Crippen LogP contribution in [-0.4, -0.2) is 35.2 Å². The van der Waals surface area contributed by atoms with Crippen molar-refractivity contribution in [1.82, 2.24) is 0 Å². The molecule has 0 bridgehead atoms. The Kier molecular flexibility index (Phi) is 9.18. The number of halogens is 1. The fraction of sp³-hybridized carbons (Fsp3) is 0.600. The number of hydrogen-bond acceptors (Lipinski definition) is 4. The van der Waals surface area contributed by atoms with Gasteiger partial charge in [0.05, 0.1) is 11.1 Å². The molecule has 0 fully saturated rings. The third kappa shape index (κ3) is 6.48. The molecule has 1 rings (SSSR count). The van der Waals surface area contributed by atoms with Crippen molar-refractivity contribution in [3.8, 4) is 5.75 Å². The molecule has 0 radical (unpaired) electrons. The number of hydrogen-bond donors (Lipinski definition) is 0. The summed E-state index contributed by atoms with van der Waals surface area (Å²) in [5, 5.41) is 0. The lowest BCUT2D eigenvalue weighted by Gasteiger charge is -2.28.